The quantitative estimate of drug-likeness (QED) is 0.782. The molecular formula is C16H29N3O2. The average molecular weight is 295 g/mol. The number of ether oxygens (including phenoxy) is 1. The van der Waals surface area contributed by atoms with Gasteiger partial charge in [0, 0.05) is 13.0 Å². The van der Waals surface area contributed by atoms with Gasteiger partial charge in [-0.1, -0.05) is 44.2 Å². The minimum Gasteiger partial charge on any atom is -0.367 e. The van der Waals surface area contributed by atoms with E-state index in [1.165, 1.54) is 25.7 Å². The second-order valence-corrected chi connectivity index (χ2v) is 6.07. The lowest BCUT2D eigenvalue weighted by Crippen LogP contribution is -2.31. The van der Waals surface area contributed by atoms with Crippen molar-refractivity contribution >= 4 is 0 Å². The standard InChI is InChI=1S/C16H29N3O2/c1-3-13(12-17)11-14-18-15(19-21-14)16(20-4-2)9-7-5-6-8-10-16/h13H,3-12,17H2,1-2H3. The zero-order chi connectivity index (χ0) is 15.1. The predicted octanol–water partition coefficient (Wildman–Crippen LogP) is 3.18. The van der Waals surface area contributed by atoms with Crippen molar-refractivity contribution in [2.75, 3.05) is 13.2 Å². The number of hydrogen-bond donors (Lipinski definition) is 1. The van der Waals surface area contributed by atoms with E-state index in [-0.39, 0.29) is 5.60 Å². The molecule has 5 nitrogen and oxygen atoms in total. The average Bonchev–Trinajstić information content (AvgIpc) is 2.85. The smallest absolute Gasteiger partial charge is 0.227 e. The fraction of sp³-hybridized carbons (Fsp3) is 0.875. The maximum atomic E-state index is 6.10. The van der Waals surface area contributed by atoms with Crippen molar-refractivity contribution in [2.24, 2.45) is 11.7 Å². The first-order valence-electron chi connectivity index (χ1n) is 8.41. The van der Waals surface area contributed by atoms with Crippen molar-refractivity contribution in [3.8, 4) is 0 Å². The zero-order valence-electron chi connectivity index (χ0n) is 13.4. The number of rotatable bonds is 7. The van der Waals surface area contributed by atoms with Crippen LogP contribution < -0.4 is 5.73 Å². The van der Waals surface area contributed by atoms with Crippen LogP contribution in [-0.2, 0) is 16.8 Å². The van der Waals surface area contributed by atoms with Crippen molar-refractivity contribution in [3.05, 3.63) is 11.7 Å². The Kier molecular flexibility index (Phi) is 6.18. The van der Waals surface area contributed by atoms with Crippen LogP contribution in [-0.4, -0.2) is 23.3 Å². The summed E-state index contributed by atoms with van der Waals surface area (Å²) in [5, 5.41) is 4.24. The van der Waals surface area contributed by atoms with Crippen LogP contribution in [0, 0.1) is 5.92 Å². The summed E-state index contributed by atoms with van der Waals surface area (Å²) < 4.78 is 11.6. The Hall–Kier alpha value is -0.940. The molecule has 120 valence electrons. The SMILES string of the molecule is CCOC1(c2noc(CC(CC)CN)n2)CCCCCC1. The normalized spacial score (nSPS) is 20.1. The number of nitrogens with two attached hydrogens (primary N) is 1. The molecule has 5 heteroatoms. The highest BCUT2D eigenvalue weighted by Crippen LogP contribution is 2.38. The van der Waals surface area contributed by atoms with Gasteiger partial charge in [-0.3, -0.25) is 0 Å². The summed E-state index contributed by atoms with van der Waals surface area (Å²) in [4.78, 5) is 4.64. The molecule has 1 atom stereocenters. The Bertz CT molecular complexity index is 407. The van der Waals surface area contributed by atoms with Crippen molar-refractivity contribution in [1.82, 2.24) is 10.1 Å². The predicted molar refractivity (Wildman–Crippen MR) is 81.8 cm³/mol. The lowest BCUT2D eigenvalue weighted by molar-refractivity contribution is -0.0636. The molecule has 1 fully saturated rings. The first-order valence-corrected chi connectivity index (χ1v) is 8.41. The molecule has 1 aliphatic rings. The van der Waals surface area contributed by atoms with Crippen LogP contribution in [0.3, 0.4) is 0 Å². The maximum Gasteiger partial charge on any atom is 0.227 e. The Labute approximate surface area is 127 Å². The Morgan fingerprint density at radius 3 is 2.52 bits per heavy atom. The third kappa shape index (κ3) is 4.04. The van der Waals surface area contributed by atoms with Gasteiger partial charge in [0.15, 0.2) is 0 Å². The van der Waals surface area contributed by atoms with Crippen LogP contribution >= 0.6 is 0 Å². The van der Waals surface area contributed by atoms with Gasteiger partial charge in [-0.25, -0.2) is 0 Å². The number of nitrogens with zero attached hydrogens (tertiary/aromatic N) is 2. The van der Waals surface area contributed by atoms with Crippen molar-refractivity contribution < 1.29 is 9.26 Å². The molecule has 0 aliphatic heterocycles. The molecule has 1 aromatic heterocycles. The number of aromatic nitrogens is 2. The summed E-state index contributed by atoms with van der Waals surface area (Å²) in [6.45, 7) is 5.52. The van der Waals surface area contributed by atoms with E-state index in [2.05, 4.69) is 17.1 Å². The molecule has 1 saturated carbocycles. The van der Waals surface area contributed by atoms with E-state index in [0.717, 1.165) is 31.5 Å². The first-order chi connectivity index (χ1) is 10.2. The van der Waals surface area contributed by atoms with E-state index in [1.807, 2.05) is 6.92 Å². The van der Waals surface area contributed by atoms with Gasteiger partial charge in [0.1, 0.15) is 5.60 Å². The Morgan fingerprint density at radius 2 is 1.95 bits per heavy atom. The van der Waals surface area contributed by atoms with Crippen LogP contribution in [0.15, 0.2) is 4.52 Å². The summed E-state index contributed by atoms with van der Waals surface area (Å²) in [6, 6.07) is 0. The van der Waals surface area contributed by atoms with E-state index >= 15 is 0 Å². The molecule has 2 rings (SSSR count). The molecule has 0 aromatic carbocycles. The van der Waals surface area contributed by atoms with Crippen molar-refractivity contribution in [2.45, 2.75) is 70.8 Å². The molecule has 0 amide bonds. The van der Waals surface area contributed by atoms with E-state index in [4.69, 9.17) is 15.0 Å². The number of hydrogen-bond acceptors (Lipinski definition) is 5. The molecule has 1 aromatic rings. The van der Waals surface area contributed by atoms with E-state index in [1.54, 1.807) is 0 Å². The van der Waals surface area contributed by atoms with E-state index in [9.17, 15) is 0 Å². The van der Waals surface area contributed by atoms with Crippen LogP contribution in [0.1, 0.15) is 70.5 Å². The Balaban J connectivity index is 2.15. The molecule has 0 saturated heterocycles. The molecule has 2 N–H and O–H groups in total. The van der Waals surface area contributed by atoms with Gasteiger partial charge in [-0.2, -0.15) is 4.98 Å². The van der Waals surface area contributed by atoms with Gasteiger partial charge in [-0.05, 0) is 32.2 Å². The highest BCUT2D eigenvalue weighted by Gasteiger charge is 2.38. The topological polar surface area (TPSA) is 74.2 Å². The fourth-order valence-corrected chi connectivity index (χ4v) is 3.17. The summed E-state index contributed by atoms with van der Waals surface area (Å²) in [6.07, 6.45) is 8.67. The second kappa shape index (κ2) is 7.90. The third-order valence-electron chi connectivity index (χ3n) is 4.58. The molecule has 21 heavy (non-hydrogen) atoms. The highest BCUT2D eigenvalue weighted by atomic mass is 16.5. The first kappa shape index (κ1) is 16.4. The van der Waals surface area contributed by atoms with Crippen molar-refractivity contribution in [1.29, 1.82) is 0 Å². The molecule has 1 heterocycles. The molecule has 0 spiro atoms. The van der Waals surface area contributed by atoms with Crippen molar-refractivity contribution in [3.63, 3.8) is 0 Å². The monoisotopic (exact) mass is 295 g/mol. The summed E-state index contributed by atoms with van der Waals surface area (Å²) in [5.74, 6) is 1.86. The minimum absolute atomic E-state index is 0.336. The largest absolute Gasteiger partial charge is 0.367 e. The van der Waals surface area contributed by atoms with Gasteiger partial charge < -0.3 is 15.0 Å². The van der Waals surface area contributed by atoms with Crippen LogP contribution in [0.4, 0.5) is 0 Å². The van der Waals surface area contributed by atoms with Gasteiger partial charge >= 0.3 is 0 Å². The molecule has 1 unspecified atom stereocenters. The molecule has 0 radical (unpaired) electrons. The lowest BCUT2D eigenvalue weighted by Gasteiger charge is -2.29. The fourth-order valence-electron chi connectivity index (χ4n) is 3.17. The van der Waals surface area contributed by atoms with Crippen LogP contribution in [0.2, 0.25) is 0 Å². The Morgan fingerprint density at radius 1 is 1.24 bits per heavy atom. The zero-order valence-corrected chi connectivity index (χ0v) is 13.4. The molecule has 1 aliphatic carbocycles. The summed E-state index contributed by atoms with van der Waals surface area (Å²) >= 11 is 0. The van der Waals surface area contributed by atoms with E-state index in [0.29, 0.717) is 25.0 Å². The van der Waals surface area contributed by atoms with Gasteiger partial charge in [0.2, 0.25) is 11.7 Å². The van der Waals surface area contributed by atoms with Gasteiger partial charge in [0.05, 0.1) is 0 Å². The highest BCUT2D eigenvalue weighted by molar-refractivity contribution is 5.03. The molecular weight excluding hydrogens is 266 g/mol. The van der Waals surface area contributed by atoms with E-state index < -0.39 is 0 Å². The minimum atomic E-state index is -0.336. The summed E-state index contributed by atoms with van der Waals surface area (Å²) in [7, 11) is 0. The third-order valence-corrected chi connectivity index (χ3v) is 4.58. The summed E-state index contributed by atoms with van der Waals surface area (Å²) in [5.41, 5.74) is 5.42. The van der Waals surface area contributed by atoms with Crippen LogP contribution in [0.25, 0.3) is 0 Å². The molecule has 0 bridgehead atoms. The van der Waals surface area contributed by atoms with Crippen LogP contribution in [0.5, 0.6) is 0 Å². The second-order valence-electron chi connectivity index (χ2n) is 6.07. The maximum absolute atomic E-state index is 6.10. The van der Waals surface area contributed by atoms with Gasteiger partial charge in [-0.15, -0.1) is 0 Å². The lowest BCUT2D eigenvalue weighted by atomic mass is 9.93. The van der Waals surface area contributed by atoms with Gasteiger partial charge in [0.25, 0.3) is 0 Å².